The zero-order valence-electron chi connectivity index (χ0n) is 10.9. The highest BCUT2D eigenvalue weighted by Gasteiger charge is 2.16. The predicted molar refractivity (Wildman–Crippen MR) is 79.5 cm³/mol. The van der Waals surface area contributed by atoms with Gasteiger partial charge in [0.05, 0.1) is 12.0 Å². The molecular weight excluding hydrogens is 342 g/mol. The first-order chi connectivity index (χ1) is 10.0. The van der Waals surface area contributed by atoms with E-state index in [0.717, 1.165) is 0 Å². The van der Waals surface area contributed by atoms with Crippen molar-refractivity contribution in [2.45, 2.75) is 0 Å². The van der Waals surface area contributed by atoms with E-state index in [1.54, 1.807) is 6.07 Å². The highest BCUT2D eigenvalue weighted by Crippen LogP contribution is 2.29. The van der Waals surface area contributed by atoms with Gasteiger partial charge in [0.15, 0.2) is 5.75 Å². The van der Waals surface area contributed by atoms with Gasteiger partial charge in [-0.15, -0.1) is 0 Å². The maximum absolute atomic E-state index is 12.0. The molecule has 1 aromatic heterocycles. The van der Waals surface area contributed by atoms with Crippen molar-refractivity contribution >= 4 is 33.2 Å². The number of methoxy groups -OCH3 is 1. The Bertz CT molecular complexity index is 706. The summed E-state index contributed by atoms with van der Waals surface area (Å²) < 4.78 is 5.42. The van der Waals surface area contributed by atoms with Crippen LogP contribution >= 0.6 is 15.9 Å². The topological polar surface area (TPSA) is 94.4 Å². The maximum atomic E-state index is 12.0. The molecule has 1 amide bonds. The summed E-state index contributed by atoms with van der Waals surface area (Å²) in [6.45, 7) is 0. The molecule has 0 saturated heterocycles. The predicted octanol–water partition coefficient (Wildman–Crippen LogP) is 3.01. The summed E-state index contributed by atoms with van der Waals surface area (Å²) in [5.74, 6) is -0.262. The van der Waals surface area contributed by atoms with Crippen LogP contribution in [0.4, 0.5) is 11.4 Å². The van der Waals surface area contributed by atoms with E-state index in [0.29, 0.717) is 15.9 Å². The molecule has 0 saturated carbocycles. The number of nitrogens with one attached hydrogen (secondary N) is 1. The fourth-order valence-electron chi connectivity index (χ4n) is 1.66. The third kappa shape index (κ3) is 3.54. The average molecular weight is 352 g/mol. The SMILES string of the molecule is COc1ccc(NC(=O)c2ccnc(Br)c2)cc1[N+](=O)[O-]. The number of rotatable bonds is 4. The number of ether oxygens (including phenoxy) is 1. The molecule has 0 fully saturated rings. The molecule has 0 aliphatic rings. The van der Waals surface area contributed by atoms with Crippen LogP contribution in [0.3, 0.4) is 0 Å². The smallest absolute Gasteiger partial charge is 0.312 e. The van der Waals surface area contributed by atoms with Crippen molar-refractivity contribution in [3.63, 3.8) is 0 Å². The second kappa shape index (κ2) is 6.31. The van der Waals surface area contributed by atoms with Gasteiger partial charge in [0, 0.05) is 23.5 Å². The van der Waals surface area contributed by atoms with Crippen LogP contribution in [-0.4, -0.2) is 22.9 Å². The standard InChI is InChI=1S/C13H10BrN3O4/c1-21-11-3-2-9(7-10(11)17(19)20)16-13(18)8-4-5-15-12(14)6-8/h2-7H,1H3,(H,16,18). The summed E-state index contributed by atoms with van der Waals surface area (Å²) in [6.07, 6.45) is 1.48. The van der Waals surface area contributed by atoms with Crippen LogP contribution in [0.5, 0.6) is 5.75 Å². The molecular formula is C13H10BrN3O4. The minimum Gasteiger partial charge on any atom is -0.490 e. The third-order valence-corrected chi connectivity index (χ3v) is 3.06. The number of nitro benzene ring substituents is 1. The summed E-state index contributed by atoms with van der Waals surface area (Å²) in [5.41, 5.74) is 0.474. The van der Waals surface area contributed by atoms with Gasteiger partial charge in [-0.05, 0) is 40.2 Å². The zero-order valence-corrected chi connectivity index (χ0v) is 12.5. The molecule has 2 rings (SSSR count). The molecule has 0 unspecified atom stereocenters. The van der Waals surface area contributed by atoms with E-state index in [1.165, 1.54) is 37.6 Å². The molecule has 1 aromatic carbocycles. The largest absolute Gasteiger partial charge is 0.490 e. The number of carbonyl (C=O) groups excluding carboxylic acids is 1. The second-order valence-electron chi connectivity index (χ2n) is 3.97. The molecule has 2 aromatic rings. The first kappa shape index (κ1) is 14.9. The molecule has 0 atom stereocenters. The summed E-state index contributed by atoms with van der Waals surface area (Å²) >= 11 is 3.17. The van der Waals surface area contributed by atoms with Crippen LogP contribution in [-0.2, 0) is 0 Å². The van der Waals surface area contributed by atoms with Crippen LogP contribution in [0.1, 0.15) is 10.4 Å². The molecule has 7 nitrogen and oxygen atoms in total. The highest BCUT2D eigenvalue weighted by molar-refractivity contribution is 9.10. The highest BCUT2D eigenvalue weighted by atomic mass is 79.9. The Morgan fingerprint density at radius 1 is 1.38 bits per heavy atom. The molecule has 21 heavy (non-hydrogen) atoms. The van der Waals surface area contributed by atoms with Gasteiger partial charge in [-0.2, -0.15) is 0 Å². The molecule has 0 aliphatic heterocycles. The van der Waals surface area contributed by atoms with E-state index < -0.39 is 10.8 Å². The van der Waals surface area contributed by atoms with Crippen LogP contribution < -0.4 is 10.1 Å². The Hall–Kier alpha value is -2.48. The first-order valence-electron chi connectivity index (χ1n) is 5.76. The Kier molecular flexibility index (Phi) is 4.49. The lowest BCUT2D eigenvalue weighted by molar-refractivity contribution is -0.385. The van der Waals surface area contributed by atoms with Gasteiger partial charge in [-0.1, -0.05) is 0 Å². The van der Waals surface area contributed by atoms with Crippen LogP contribution in [0.15, 0.2) is 41.1 Å². The zero-order chi connectivity index (χ0) is 15.4. The molecule has 1 N–H and O–H groups in total. The van der Waals surface area contributed by atoms with Crippen LogP contribution in [0.25, 0.3) is 0 Å². The summed E-state index contributed by atoms with van der Waals surface area (Å²) in [4.78, 5) is 26.3. The lowest BCUT2D eigenvalue weighted by Crippen LogP contribution is -2.12. The lowest BCUT2D eigenvalue weighted by Gasteiger charge is -2.07. The van der Waals surface area contributed by atoms with Crippen LogP contribution in [0.2, 0.25) is 0 Å². The van der Waals surface area contributed by atoms with Crippen molar-refractivity contribution in [3.8, 4) is 5.75 Å². The molecule has 8 heteroatoms. The molecule has 0 aliphatic carbocycles. The molecule has 0 spiro atoms. The number of carbonyl (C=O) groups is 1. The minimum atomic E-state index is -0.572. The number of pyridine rings is 1. The van der Waals surface area contributed by atoms with E-state index in [2.05, 4.69) is 26.2 Å². The van der Waals surface area contributed by atoms with Gasteiger partial charge >= 0.3 is 5.69 Å². The normalized spacial score (nSPS) is 10.0. The average Bonchev–Trinajstić information content (AvgIpc) is 2.47. The fraction of sp³-hybridized carbons (Fsp3) is 0.0769. The molecule has 108 valence electrons. The fourth-order valence-corrected chi connectivity index (χ4v) is 2.02. The van der Waals surface area contributed by atoms with Crippen LogP contribution in [0, 0.1) is 10.1 Å². The van der Waals surface area contributed by atoms with Gasteiger partial charge in [0.1, 0.15) is 4.60 Å². The Morgan fingerprint density at radius 3 is 2.76 bits per heavy atom. The number of amides is 1. The number of anilines is 1. The Balaban J connectivity index is 2.25. The van der Waals surface area contributed by atoms with Gasteiger partial charge in [0.2, 0.25) is 0 Å². The van der Waals surface area contributed by atoms with Gasteiger partial charge in [-0.25, -0.2) is 4.98 Å². The molecule has 0 radical (unpaired) electrons. The van der Waals surface area contributed by atoms with E-state index in [9.17, 15) is 14.9 Å². The van der Waals surface area contributed by atoms with Crippen molar-refractivity contribution in [2.75, 3.05) is 12.4 Å². The van der Waals surface area contributed by atoms with E-state index >= 15 is 0 Å². The lowest BCUT2D eigenvalue weighted by atomic mass is 10.2. The summed E-state index contributed by atoms with van der Waals surface area (Å²) in [7, 11) is 1.34. The van der Waals surface area contributed by atoms with E-state index in [4.69, 9.17) is 4.74 Å². The van der Waals surface area contributed by atoms with Crippen molar-refractivity contribution in [2.24, 2.45) is 0 Å². The number of aromatic nitrogens is 1. The monoisotopic (exact) mass is 351 g/mol. The van der Waals surface area contributed by atoms with Gasteiger partial charge in [0.25, 0.3) is 5.91 Å². The Morgan fingerprint density at radius 2 is 2.14 bits per heavy atom. The summed E-state index contributed by atoms with van der Waals surface area (Å²) in [5, 5.41) is 13.5. The first-order valence-corrected chi connectivity index (χ1v) is 6.56. The second-order valence-corrected chi connectivity index (χ2v) is 4.78. The van der Waals surface area contributed by atoms with Crippen molar-refractivity contribution in [3.05, 3.63) is 56.8 Å². The van der Waals surface area contributed by atoms with Gasteiger partial charge in [-0.3, -0.25) is 14.9 Å². The third-order valence-electron chi connectivity index (χ3n) is 2.62. The quantitative estimate of drug-likeness (QED) is 0.519. The molecule has 0 bridgehead atoms. The van der Waals surface area contributed by atoms with Gasteiger partial charge < -0.3 is 10.1 Å². The maximum Gasteiger partial charge on any atom is 0.312 e. The number of benzene rings is 1. The number of hydrogen-bond donors (Lipinski definition) is 1. The number of halogens is 1. The van der Waals surface area contributed by atoms with Crippen molar-refractivity contribution in [1.29, 1.82) is 0 Å². The van der Waals surface area contributed by atoms with Crippen molar-refractivity contribution < 1.29 is 14.5 Å². The Labute approximate surface area is 128 Å². The van der Waals surface area contributed by atoms with Crippen molar-refractivity contribution in [1.82, 2.24) is 4.98 Å². The minimum absolute atomic E-state index is 0.129. The number of hydrogen-bond acceptors (Lipinski definition) is 5. The summed E-state index contributed by atoms with van der Waals surface area (Å²) in [6, 6.07) is 7.29. The molecule has 1 heterocycles. The van der Waals surface area contributed by atoms with E-state index in [-0.39, 0.29) is 11.4 Å². The number of nitro groups is 1. The van der Waals surface area contributed by atoms with E-state index in [1.807, 2.05) is 0 Å². The number of nitrogens with zero attached hydrogens (tertiary/aromatic N) is 2.